The van der Waals surface area contributed by atoms with Gasteiger partial charge in [-0.1, -0.05) is 51.3 Å². The number of halogens is 4. The number of unbranched alkanes of at least 4 members (excludes halogenated alkanes) is 2. The molecule has 0 radical (unpaired) electrons. The number of rotatable bonds is 8. The molecule has 0 N–H and O–H groups in total. The molecule has 0 spiro atoms. The molecule has 1 fully saturated rings. The molecule has 0 amide bonds. The number of allylic oxidation sites excluding steroid dienone is 2. The van der Waals surface area contributed by atoms with Crippen LogP contribution in [0.25, 0.3) is 0 Å². The zero-order valence-electron chi connectivity index (χ0n) is 12.6. The molecule has 1 aliphatic carbocycles. The number of hydrogen-bond acceptors (Lipinski definition) is 2. The van der Waals surface area contributed by atoms with E-state index in [2.05, 4.69) is 6.92 Å². The first-order valence-electron chi connectivity index (χ1n) is 7.17. The average Bonchev–Trinajstić information content (AvgIpc) is 2.89. The smallest absolute Gasteiger partial charge is 0.374 e. The summed E-state index contributed by atoms with van der Waals surface area (Å²) in [6.07, 6.45) is -0.599. The normalized spacial score (nSPS) is 25.0. The van der Waals surface area contributed by atoms with Crippen LogP contribution in [-0.2, 0) is 9.53 Å². The summed E-state index contributed by atoms with van der Waals surface area (Å²) in [5.41, 5.74) is -0.491. The van der Waals surface area contributed by atoms with Crippen molar-refractivity contribution in [2.45, 2.75) is 46.2 Å². The second-order valence-electron chi connectivity index (χ2n) is 6.06. The van der Waals surface area contributed by atoms with E-state index in [1.54, 1.807) is 13.8 Å². The molecule has 2 atom stereocenters. The zero-order chi connectivity index (χ0) is 16.3. The molecular formula is C15H22ClF3O2. The quantitative estimate of drug-likeness (QED) is 0.603. The van der Waals surface area contributed by atoms with Gasteiger partial charge in [0.2, 0.25) is 0 Å². The van der Waals surface area contributed by atoms with Gasteiger partial charge in [0.1, 0.15) is 11.6 Å². The second kappa shape index (κ2) is 7.14. The minimum Gasteiger partial charge on any atom is -0.374 e. The fraction of sp³-hybridized carbons (Fsp3) is 0.800. The second-order valence-corrected chi connectivity index (χ2v) is 6.47. The molecular weight excluding hydrogens is 305 g/mol. The van der Waals surface area contributed by atoms with Gasteiger partial charge in [0.15, 0.2) is 5.78 Å². The van der Waals surface area contributed by atoms with Crippen molar-refractivity contribution in [3.8, 4) is 0 Å². The Bertz CT molecular complexity index is 402. The number of hydrogen-bond donors (Lipinski definition) is 0. The van der Waals surface area contributed by atoms with Crippen molar-refractivity contribution in [3.05, 3.63) is 11.1 Å². The molecule has 0 aromatic rings. The number of carbonyl (C=O) groups excluding carboxylic acids is 1. The Balaban J connectivity index is 2.50. The summed E-state index contributed by atoms with van der Waals surface area (Å²) in [7, 11) is 0. The largest absolute Gasteiger partial charge is 0.426 e. The summed E-state index contributed by atoms with van der Waals surface area (Å²) in [6, 6.07) is 0. The summed E-state index contributed by atoms with van der Waals surface area (Å²) in [6.45, 7) is 6.09. The zero-order valence-corrected chi connectivity index (χ0v) is 13.4. The topological polar surface area (TPSA) is 26.3 Å². The predicted molar refractivity (Wildman–Crippen MR) is 76.1 cm³/mol. The summed E-state index contributed by atoms with van der Waals surface area (Å²) < 4.78 is 42.6. The molecule has 1 aliphatic rings. The van der Waals surface area contributed by atoms with Crippen LogP contribution in [0.5, 0.6) is 0 Å². The number of ether oxygens (including phenoxy) is 1. The van der Waals surface area contributed by atoms with E-state index >= 15 is 0 Å². The van der Waals surface area contributed by atoms with Crippen molar-refractivity contribution < 1.29 is 22.7 Å². The van der Waals surface area contributed by atoms with E-state index in [-0.39, 0.29) is 12.4 Å². The van der Waals surface area contributed by atoms with Crippen LogP contribution in [0.2, 0.25) is 0 Å². The van der Waals surface area contributed by atoms with Gasteiger partial charge in [-0.3, -0.25) is 4.79 Å². The minimum atomic E-state index is -4.55. The van der Waals surface area contributed by atoms with Gasteiger partial charge in [0.25, 0.3) is 0 Å². The summed E-state index contributed by atoms with van der Waals surface area (Å²) >= 11 is 5.24. The number of Topliss-reactive ketones (excluding diaryl/α,β-unsaturated/α-hetero) is 1. The first-order chi connectivity index (χ1) is 9.62. The first kappa shape index (κ1) is 18.5. The highest BCUT2D eigenvalue weighted by Crippen LogP contribution is 2.60. The SMILES string of the molecule is CCCCCOCC(=O)[C@H]1[C@@H](/C=C(/Cl)C(F)(F)F)C1(C)C. The molecule has 1 rings (SSSR count). The monoisotopic (exact) mass is 326 g/mol. The maximum Gasteiger partial charge on any atom is 0.426 e. The Labute approximate surface area is 128 Å². The summed E-state index contributed by atoms with van der Waals surface area (Å²) in [5, 5.41) is -1.15. The number of alkyl halides is 3. The van der Waals surface area contributed by atoms with E-state index in [9.17, 15) is 18.0 Å². The van der Waals surface area contributed by atoms with Gasteiger partial charge < -0.3 is 4.74 Å². The molecule has 1 saturated carbocycles. The Morgan fingerprint density at radius 3 is 2.48 bits per heavy atom. The van der Waals surface area contributed by atoms with Crippen LogP contribution >= 0.6 is 11.6 Å². The molecule has 2 nitrogen and oxygen atoms in total. The fourth-order valence-electron chi connectivity index (χ4n) is 2.57. The predicted octanol–water partition coefficient (Wildman–Crippen LogP) is 4.72. The van der Waals surface area contributed by atoms with Crippen molar-refractivity contribution >= 4 is 17.4 Å². The maximum absolute atomic E-state index is 12.4. The van der Waals surface area contributed by atoms with E-state index < -0.39 is 28.5 Å². The van der Waals surface area contributed by atoms with Crippen LogP contribution in [-0.4, -0.2) is 25.2 Å². The van der Waals surface area contributed by atoms with E-state index in [0.29, 0.717) is 6.61 Å². The molecule has 0 bridgehead atoms. The Kier molecular flexibility index (Phi) is 6.29. The van der Waals surface area contributed by atoms with Crippen LogP contribution in [0.4, 0.5) is 13.2 Å². The lowest BCUT2D eigenvalue weighted by atomic mass is 10.1. The van der Waals surface area contributed by atoms with E-state index in [1.807, 2.05) is 0 Å². The van der Waals surface area contributed by atoms with Crippen molar-refractivity contribution in [3.63, 3.8) is 0 Å². The van der Waals surface area contributed by atoms with E-state index in [4.69, 9.17) is 16.3 Å². The molecule has 122 valence electrons. The van der Waals surface area contributed by atoms with Crippen molar-refractivity contribution in [1.82, 2.24) is 0 Å². The molecule has 21 heavy (non-hydrogen) atoms. The minimum absolute atomic E-state index is 0.0359. The van der Waals surface area contributed by atoms with Gasteiger partial charge >= 0.3 is 6.18 Å². The van der Waals surface area contributed by atoms with Gasteiger partial charge in [0.05, 0.1) is 0 Å². The molecule has 0 aromatic heterocycles. The highest BCUT2D eigenvalue weighted by Gasteiger charge is 2.60. The molecule has 0 aromatic carbocycles. The Hall–Kier alpha value is -0.550. The number of carbonyl (C=O) groups is 1. The van der Waals surface area contributed by atoms with Gasteiger partial charge in [-0.15, -0.1) is 0 Å². The third-order valence-electron chi connectivity index (χ3n) is 3.99. The van der Waals surface area contributed by atoms with Gasteiger partial charge in [0, 0.05) is 12.5 Å². The molecule has 0 unspecified atom stereocenters. The maximum atomic E-state index is 12.4. The Morgan fingerprint density at radius 2 is 1.95 bits per heavy atom. The van der Waals surface area contributed by atoms with Crippen LogP contribution < -0.4 is 0 Å². The summed E-state index contributed by atoms with van der Waals surface area (Å²) in [5.74, 6) is -1.07. The average molecular weight is 327 g/mol. The third kappa shape index (κ3) is 4.99. The van der Waals surface area contributed by atoms with Gasteiger partial charge in [-0.2, -0.15) is 13.2 Å². The van der Waals surface area contributed by atoms with Crippen molar-refractivity contribution in [1.29, 1.82) is 0 Å². The van der Waals surface area contributed by atoms with Crippen molar-refractivity contribution in [2.24, 2.45) is 17.3 Å². The van der Waals surface area contributed by atoms with Crippen LogP contribution in [0.15, 0.2) is 11.1 Å². The molecule has 0 aliphatic heterocycles. The Morgan fingerprint density at radius 1 is 1.33 bits per heavy atom. The first-order valence-corrected chi connectivity index (χ1v) is 7.55. The van der Waals surface area contributed by atoms with Gasteiger partial charge in [-0.25, -0.2) is 0 Å². The highest BCUT2D eigenvalue weighted by atomic mass is 35.5. The van der Waals surface area contributed by atoms with E-state index in [0.717, 1.165) is 25.3 Å². The molecule has 6 heteroatoms. The standard InChI is InChI=1S/C15H22ClF3O2/c1-4-5-6-7-21-9-11(20)13-10(14(13,2)3)8-12(16)15(17,18)19/h8,10,13H,4-7,9H2,1-3H3/b12-8+/t10-,13-/m1/s1. The molecule has 0 saturated heterocycles. The number of ketones is 1. The molecule has 0 heterocycles. The fourth-order valence-corrected chi connectivity index (χ4v) is 2.71. The lowest BCUT2D eigenvalue weighted by Gasteiger charge is -2.04. The van der Waals surface area contributed by atoms with Crippen LogP contribution in [0.1, 0.15) is 40.0 Å². The lowest BCUT2D eigenvalue weighted by molar-refractivity contribution is -0.125. The van der Waals surface area contributed by atoms with Crippen molar-refractivity contribution in [2.75, 3.05) is 13.2 Å². The lowest BCUT2D eigenvalue weighted by Crippen LogP contribution is -2.14. The highest BCUT2D eigenvalue weighted by molar-refractivity contribution is 6.30. The van der Waals surface area contributed by atoms with Crippen LogP contribution in [0, 0.1) is 17.3 Å². The third-order valence-corrected chi connectivity index (χ3v) is 4.33. The van der Waals surface area contributed by atoms with E-state index in [1.165, 1.54) is 0 Å². The summed E-state index contributed by atoms with van der Waals surface area (Å²) in [4.78, 5) is 12.0. The van der Waals surface area contributed by atoms with Gasteiger partial charge in [-0.05, 0) is 17.8 Å². The van der Waals surface area contributed by atoms with Crippen LogP contribution in [0.3, 0.4) is 0 Å².